The Balaban J connectivity index is 3.27. The Morgan fingerprint density at radius 3 is 2.67 bits per heavy atom. The van der Waals surface area contributed by atoms with E-state index in [0.717, 1.165) is 0 Å². The number of ether oxygens (including phenoxy) is 1. The normalized spacial score (nSPS) is 13.1. The van der Waals surface area contributed by atoms with E-state index in [4.69, 9.17) is 10.2 Å². The molecule has 0 radical (unpaired) electrons. The summed E-state index contributed by atoms with van der Waals surface area (Å²) in [5.74, 6) is -1.20. The van der Waals surface area contributed by atoms with Crippen LogP contribution in [-0.4, -0.2) is 36.0 Å². The highest BCUT2D eigenvalue weighted by Crippen LogP contribution is 1.90. The van der Waals surface area contributed by atoms with Crippen molar-refractivity contribution in [2.75, 3.05) is 13.7 Å². The van der Waals surface area contributed by atoms with Crippen LogP contribution in [0.1, 0.15) is 6.42 Å². The van der Waals surface area contributed by atoms with Crippen LogP contribution in [0.15, 0.2) is 0 Å². The van der Waals surface area contributed by atoms with Crippen LogP contribution in [0.4, 0.5) is 0 Å². The number of carboxylic acids is 1. The van der Waals surface area contributed by atoms with E-state index in [1.807, 2.05) is 0 Å². The summed E-state index contributed by atoms with van der Waals surface area (Å²) in [6, 6.07) is 0. The molecule has 0 bridgehead atoms. The van der Waals surface area contributed by atoms with E-state index in [2.05, 4.69) is 4.74 Å². The molecule has 0 aromatic carbocycles. The van der Waals surface area contributed by atoms with E-state index < -0.39 is 12.1 Å². The smallest absolute Gasteiger partial charge is 0.332 e. The first-order chi connectivity index (χ1) is 4.18. The fourth-order valence-corrected chi connectivity index (χ4v) is 0.353. The molecular weight excluding hydrogens is 124 g/mol. The third-order valence-electron chi connectivity index (χ3n) is 0.880. The van der Waals surface area contributed by atoms with Crippen molar-refractivity contribution in [1.82, 2.24) is 0 Å². The standard InChI is InChI=1S/C5H10O4/c1-9-3-2-4(6)5(7)8/h4,6H,2-3H2,1H3,(H,7,8). The van der Waals surface area contributed by atoms with Crippen LogP contribution in [0.2, 0.25) is 0 Å². The molecule has 0 aliphatic carbocycles. The van der Waals surface area contributed by atoms with Gasteiger partial charge in [-0.3, -0.25) is 0 Å². The molecule has 0 spiro atoms. The second kappa shape index (κ2) is 4.29. The molecular formula is C5H10O4. The van der Waals surface area contributed by atoms with E-state index in [-0.39, 0.29) is 13.0 Å². The molecule has 0 aliphatic rings. The lowest BCUT2D eigenvalue weighted by molar-refractivity contribution is -0.147. The molecule has 0 aliphatic heterocycles. The summed E-state index contributed by atoms with van der Waals surface area (Å²) in [5, 5.41) is 16.7. The lowest BCUT2D eigenvalue weighted by Gasteiger charge is -2.01. The first-order valence-electron chi connectivity index (χ1n) is 2.58. The fraction of sp³-hybridized carbons (Fsp3) is 0.800. The van der Waals surface area contributed by atoms with Crippen molar-refractivity contribution in [2.24, 2.45) is 0 Å². The number of hydrogen-bond donors (Lipinski definition) is 2. The van der Waals surface area contributed by atoms with Crippen LogP contribution in [0.5, 0.6) is 0 Å². The number of carboxylic acid groups (broad SMARTS) is 1. The van der Waals surface area contributed by atoms with Gasteiger partial charge in [0, 0.05) is 20.1 Å². The highest BCUT2D eigenvalue weighted by Gasteiger charge is 2.10. The van der Waals surface area contributed by atoms with Crippen molar-refractivity contribution >= 4 is 5.97 Å². The molecule has 0 rings (SSSR count). The van der Waals surface area contributed by atoms with Crippen molar-refractivity contribution in [1.29, 1.82) is 0 Å². The number of methoxy groups -OCH3 is 1. The molecule has 0 saturated carbocycles. The largest absolute Gasteiger partial charge is 0.479 e. The number of carbonyl (C=O) groups is 1. The summed E-state index contributed by atoms with van der Waals surface area (Å²) in [6.45, 7) is 0.271. The molecule has 0 saturated heterocycles. The predicted octanol–water partition coefficient (Wildman–Crippen LogP) is -0.532. The van der Waals surface area contributed by atoms with Crippen molar-refractivity contribution < 1.29 is 19.7 Å². The minimum Gasteiger partial charge on any atom is -0.479 e. The summed E-state index contributed by atoms with van der Waals surface area (Å²) in [4.78, 5) is 9.90. The molecule has 1 atom stereocenters. The molecule has 9 heavy (non-hydrogen) atoms. The minimum absolute atomic E-state index is 0.145. The summed E-state index contributed by atoms with van der Waals surface area (Å²) in [6.07, 6.45) is -1.14. The zero-order valence-corrected chi connectivity index (χ0v) is 5.20. The monoisotopic (exact) mass is 134 g/mol. The Labute approximate surface area is 53.1 Å². The Morgan fingerprint density at radius 1 is 1.78 bits per heavy atom. The molecule has 2 N–H and O–H groups in total. The molecule has 0 fully saturated rings. The average molecular weight is 134 g/mol. The van der Waals surface area contributed by atoms with Gasteiger partial charge < -0.3 is 14.9 Å². The van der Waals surface area contributed by atoms with Crippen molar-refractivity contribution in [2.45, 2.75) is 12.5 Å². The van der Waals surface area contributed by atoms with Gasteiger partial charge in [0.05, 0.1) is 0 Å². The maximum atomic E-state index is 9.90. The van der Waals surface area contributed by atoms with Gasteiger partial charge in [-0.05, 0) is 0 Å². The van der Waals surface area contributed by atoms with Crippen LogP contribution in [0.25, 0.3) is 0 Å². The van der Waals surface area contributed by atoms with Gasteiger partial charge in [0.15, 0.2) is 6.10 Å². The minimum atomic E-state index is -1.29. The van der Waals surface area contributed by atoms with Crippen LogP contribution in [-0.2, 0) is 9.53 Å². The van der Waals surface area contributed by atoms with Crippen LogP contribution >= 0.6 is 0 Å². The molecule has 4 heteroatoms. The van der Waals surface area contributed by atoms with Gasteiger partial charge in [-0.1, -0.05) is 0 Å². The van der Waals surface area contributed by atoms with Gasteiger partial charge in [-0.25, -0.2) is 4.79 Å². The summed E-state index contributed by atoms with van der Waals surface area (Å²) in [7, 11) is 1.45. The zero-order chi connectivity index (χ0) is 7.28. The zero-order valence-electron chi connectivity index (χ0n) is 5.20. The quantitative estimate of drug-likeness (QED) is 0.542. The average Bonchev–Trinajstić information content (AvgIpc) is 1.82. The number of aliphatic carboxylic acids is 1. The molecule has 0 aromatic heterocycles. The lowest BCUT2D eigenvalue weighted by atomic mass is 10.3. The summed E-state index contributed by atoms with van der Waals surface area (Å²) in [5.41, 5.74) is 0. The lowest BCUT2D eigenvalue weighted by Crippen LogP contribution is -2.20. The molecule has 0 heterocycles. The number of aliphatic hydroxyl groups excluding tert-OH is 1. The first-order valence-corrected chi connectivity index (χ1v) is 2.58. The Hall–Kier alpha value is -0.610. The van der Waals surface area contributed by atoms with Gasteiger partial charge in [0.25, 0.3) is 0 Å². The predicted molar refractivity (Wildman–Crippen MR) is 30.1 cm³/mol. The van der Waals surface area contributed by atoms with Gasteiger partial charge in [0.1, 0.15) is 0 Å². The fourth-order valence-electron chi connectivity index (χ4n) is 0.353. The van der Waals surface area contributed by atoms with Crippen LogP contribution in [0.3, 0.4) is 0 Å². The molecule has 1 unspecified atom stereocenters. The number of rotatable bonds is 4. The maximum Gasteiger partial charge on any atom is 0.332 e. The van der Waals surface area contributed by atoms with E-state index in [0.29, 0.717) is 0 Å². The van der Waals surface area contributed by atoms with Crippen molar-refractivity contribution in [3.05, 3.63) is 0 Å². The topological polar surface area (TPSA) is 66.8 Å². The van der Waals surface area contributed by atoms with Crippen LogP contribution in [0, 0.1) is 0 Å². The van der Waals surface area contributed by atoms with Crippen LogP contribution < -0.4 is 0 Å². The van der Waals surface area contributed by atoms with Crippen molar-refractivity contribution in [3.8, 4) is 0 Å². The van der Waals surface area contributed by atoms with E-state index in [1.165, 1.54) is 7.11 Å². The van der Waals surface area contributed by atoms with Gasteiger partial charge in [-0.15, -0.1) is 0 Å². The van der Waals surface area contributed by atoms with Gasteiger partial charge in [-0.2, -0.15) is 0 Å². The Bertz CT molecular complexity index is 91.0. The molecule has 54 valence electrons. The van der Waals surface area contributed by atoms with E-state index >= 15 is 0 Å². The van der Waals surface area contributed by atoms with Crippen molar-refractivity contribution in [3.63, 3.8) is 0 Å². The number of aliphatic hydroxyl groups is 1. The third kappa shape index (κ3) is 3.93. The SMILES string of the molecule is COCCC(O)C(=O)O. The van der Waals surface area contributed by atoms with E-state index in [9.17, 15) is 4.79 Å². The molecule has 4 nitrogen and oxygen atoms in total. The second-order valence-corrected chi connectivity index (χ2v) is 1.64. The summed E-state index contributed by atoms with van der Waals surface area (Å²) < 4.78 is 4.54. The highest BCUT2D eigenvalue weighted by atomic mass is 16.5. The molecule has 0 aromatic rings. The first kappa shape index (κ1) is 8.39. The Kier molecular flexibility index (Phi) is 4.00. The van der Waals surface area contributed by atoms with E-state index in [1.54, 1.807) is 0 Å². The Morgan fingerprint density at radius 2 is 2.33 bits per heavy atom. The van der Waals surface area contributed by atoms with Gasteiger partial charge >= 0.3 is 5.97 Å². The summed E-state index contributed by atoms with van der Waals surface area (Å²) >= 11 is 0. The number of hydrogen-bond acceptors (Lipinski definition) is 3. The maximum absolute atomic E-state index is 9.90. The third-order valence-corrected chi connectivity index (χ3v) is 0.880. The second-order valence-electron chi connectivity index (χ2n) is 1.64. The highest BCUT2D eigenvalue weighted by molar-refractivity contribution is 5.71. The molecule has 0 amide bonds. The van der Waals surface area contributed by atoms with Gasteiger partial charge in [0.2, 0.25) is 0 Å².